The van der Waals surface area contributed by atoms with E-state index in [0.717, 1.165) is 12.1 Å². The second kappa shape index (κ2) is 9.31. The van der Waals surface area contributed by atoms with Crippen LogP contribution in [0.25, 0.3) is 0 Å². The number of guanidine groups is 1. The average molecular weight is 405 g/mol. The Bertz CT molecular complexity index is 774. The molecule has 0 atom stereocenters. The standard InChI is InChI=1S/C15H10Cl3F2N5/c16-11-3-1-9(13(19)5-11)7-21-24-15(23-18)25-22-8-10-2-4-12(17)6-14(10)20/h1-8H,(H2,23,24,25)/b21-7+,22-8+. The van der Waals surface area contributed by atoms with Crippen LogP contribution in [0.4, 0.5) is 8.78 Å². The number of nitrogens with zero attached hydrogens (tertiary/aromatic N) is 3. The van der Waals surface area contributed by atoms with E-state index in [1.165, 1.54) is 36.7 Å². The summed E-state index contributed by atoms with van der Waals surface area (Å²) in [6.45, 7) is 0. The van der Waals surface area contributed by atoms with Crippen molar-refractivity contribution in [2.75, 3.05) is 0 Å². The fourth-order valence-electron chi connectivity index (χ4n) is 1.60. The zero-order chi connectivity index (χ0) is 18.2. The maximum Gasteiger partial charge on any atom is 0.250 e. The minimum Gasteiger partial charge on any atom is -0.245 e. The molecule has 0 saturated heterocycles. The van der Waals surface area contributed by atoms with Crippen molar-refractivity contribution in [2.24, 2.45) is 14.7 Å². The summed E-state index contributed by atoms with van der Waals surface area (Å²) in [4.78, 5) is 0. The van der Waals surface area contributed by atoms with Gasteiger partial charge < -0.3 is 0 Å². The molecule has 2 N–H and O–H groups in total. The van der Waals surface area contributed by atoms with Crippen molar-refractivity contribution >= 4 is 53.4 Å². The van der Waals surface area contributed by atoms with Gasteiger partial charge in [-0.15, -0.1) is 4.51 Å². The third-order valence-electron chi connectivity index (χ3n) is 2.76. The zero-order valence-electron chi connectivity index (χ0n) is 12.4. The Morgan fingerprint density at radius 1 is 0.840 bits per heavy atom. The molecule has 10 heteroatoms. The van der Waals surface area contributed by atoms with Crippen LogP contribution in [0.5, 0.6) is 0 Å². The number of halogens is 5. The van der Waals surface area contributed by atoms with E-state index < -0.39 is 11.6 Å². The molecule has 130 valence electrons. The van der Waals surface area contributed by atoms with Gasteiger partial charge in [-0.1, -0.05) is 23.2 Å². The molecule has 2 rings (SSSR count). The number of hydrazone groups is 2. The Labute approximate surface area is 157 Å². The lowest BCUT2D eigenvalue weighted by molar-refractivity contribution is 0.625. The van der Waals surface area contributed by atoms with Crippen LogP contribution in [0, 0.1) is 11.6 Å². The Hall–Kier alpha value is -2.22. The first-order valence-electron chi connectivity index (χ1n) is 6.67. The summed E-state index contributed by atoms with van der Waals surface area (Å²) in [7, 11) is 0. The van der Waals surface area contributed by atoms with Gasteiger partial charge in [0.15, 0.2) is 0 Å². The summed E-state index contributed by atoms with van der Waals surface area (Å²) in [5.74, 6) is -1.13. The van der Waals surface area contributed by atoms with Crippen LogP contribution < -0.4 is 10.9 Å². The van der Waals surface area contributed by atoms with Crippen molar-refractivity contribution in [3.05, 3.63) is 69.2 Å². The third-order valence-corrected chi connectivity index (χ3v) is 3.40. The fourth-order valence-corrected chi connectivity index (χ4v) is 1.99. The Morgan fingerprint density at radius 3 is 1.64 bits per heavy atom. The molecular weight excluding hydrogens is 395 g/mol. The minimum atomic E-state index is -0.536. The molecular formula is C15H10Cl3F2N5. The van der Waals surface area contributed by atoms with Gasteiger partial charge >= 0.3 is 0 Å². The summed E-state index contributed by atoms with van der Waals surface area (Å²) >= 11 is 16.7. The van der Waals surface area contributed by atoms with Gasteiger partial charge in [-0.05, 0) is 36.4 Å². The van der Waals surface area contributed by atoms with Crippen LogP contribution in [0.15, 0.2) is 51.1 Å². The number of hydrogen-bond donors (Lipinski definition) is 2. The predicted octanol–water partition coefficient (Wildman–Crippen LogP) is 4.33. The van der Waals surface area contributed by atoms with Gasteiger partial charge in [0.05, 0.1) is 12.4 Å². The summed E-state index contributed by atoms with van der Waals surface area (Å²) in [5, 5.41) is 8.06. The summed E-state index contributed by atoms with van der Waals surface area (Å²) in [6.07, 6.45) is 2.41. The molecule has 2 aromatic rings. The molecule has 0 bridgehead atoms. The zero-order valence-corrected chi connectivity index (χ0v) is 14.6. The average Bonchev–Trinajstić information content (AvgIpc) is 2.57. The topological polar surface area (TPSA) is 61.1 Å². The summed E-state index contributed by atoms with van der Waals surface area (Å²) < 4.78 is 30.5. The summed E-state index contributed by atoms with van der Waals surface area (Å²) in [6, 6.07) is 8.26. The molecule has 25 heavy (non-hydrogen) atoms. The normalized spacial score (nSPS) is 11.1. The highest BCUT2D eigenvalue weighted by atomic mass is 35.5. The van der Waals surface area contributed by atoms with Crippen LogP contribution in [-0.2, 0) is 0 Å². The Kier molecular flexibility index (Phi) is 7.12. The van der Waals surface area contributed by atoms with E-state index in [1.54, 1.807) is 0 Å². The van der Waals surface area contributed by atoms with E-state index in [9.17, 15) is 8.78 Å². The predicted molar refractivity (Wildman–Crippen MR) is 97.6 cm³/mol. The first-order valence-corrected chi connectivity index (χ1v) is 7.76. The number of nitrogens with one attached hydrogen (secondary N) is 2. The minimum absolute atomic E-state index is 0.0575. The SMILES string of the molecule is Fc1cc(Cl)ccc1/C=N/NC(=NCl)N/N=C/c1ccc(Cl)cc1F. The lowest BCUT2D eigenvalue weighted by Crippen LogP contribution is -2.30. The molecule has 0 fully saturated rings. The van der Waals surface area contributed by atoms with Crippen LogP contribution in [0.3, 0.4) is 0 Å². The first-order chi connectivity index (χ1) is 12.0. The van der Waals surface area contributed by atoms with Crippen molar-refractivity contribution in [2.45, 2.75) is 0 Å². The first kappa shape index (κ1) is 19.1. The lowest BCUT2D eigenvalue weighted by Gasteiger charge is -2.02. The van der Waals surface area contributed by atoms with Gasteiger partial charge in [-0.25, -0.2) is 19.6 Å². The molecule has 0 aliphatic heterocycles. The third kappa shape index (κ3) is 5.97. The van der Waals surface area contributed by atoms with E-state index >= 15 is 0 Å². The Balaban J connectivity index is 1.94. The van der Waals surface area contributed by atoms with Crippen LogP contribution in [-0.4, -0.2) is 18.4 Å². The second-order valence-corrected chi connectivity index (χ2v) is 5.55. The molecule has 0 radical (unpaired) electrons. The fraction of sp³-hybridized carbons (Fsp3) is 0. The van der Waals surface area contributed by atoms with Gasteiger partial charge in [-0.3, -0.25) is 0 Å². The number of hydrogen-bond acceptors (Lipinski definition) is 3. The smallest absolute Gasteiger partial charge is 0.245 e. The monoisotopic (exact) mass is 403 g/mol. The summed E-state index contributed by atoms with van der Waals surface area (Å²) in [5.41, 5.74) is 5.25. The van der Waals surface area contributed by atoms with Gasteiger partial charge in [0, 0.05) is 32.9 Å². The molecule has 0 unspecified atom stereocenters. The molecule has 0 spiro atoms. The van der Waals surface area contributed by atoms with Crippen LogP contribution in [0.1, 0.15) is 11.1 Å². The van der Waals surface area contributed by atoms with Crippen molar-refractivity contribution in [1.82, 2.24) is 10.9 Å². The number of benzene rings is 2. The highest BCUT2D eigenvalue weighted by Crippen LogP contribution is 2.13. The highest BCUT2D eigenvalue weighted by Gasteiger charge is 2.01. The molecule has 0 heterocycles. The van der Waals surface area contributed by atoms with E-state index in [0.29, 0.717) is 0 Å². The molecule has 0 amide bonds. The molecule has 0 aliphatic carbocycles. The Morgan fingerprint density at radius 2 is 1.28 bits per heavy atom. The quantitative estimate of drug-likeness (QED) is 0.453. The largest absolute Gasteiger partial charge is 0.250 e. The second-order valence-electron chi connectivity index (χ2n) is 4.50. The lowest BCUT2D eigenvalue weighted by atomic mass is 10.2. The highest BCUT2D eigenvalue weighted by molar-refractivity contribution is 6.31. The number of rotatable bonds is 4. The van der Waals surface area contributed by atoms with Gasteiger partial charge in [-0.2, -0.15) is 10.2 Å². The van der Waals surface area contributed by atoms with E-state index in [2.05, 4.69) is 25.6 Å². The maximum absolute atomic E-state index is 13.6. The van der Waals surface area contributed by atoms with E-state index in [-0.39, 0.29) is 27.1 Å². The van der Waals surface area contributed by atoms with Gasteiger partial charge in [0.2, 0.25) is 5.96 Å². The van der Waals surface area contributed by atoms with Crippen molar-refractivity contribution < 1.29 is 8.78 Å². The maximum atomic E-state index is 13.6. The van der Waals surface area contributed by atoms with Crippen LogP contribution in [0.2, 0.25) is 10.0 Å². The van der Waals surface area contributed by atoms with Crippen molar-refractivity contribution in [3.63, 3.8) is 0 Å². The molecule has 0 aliphatic rings. The van der Waals surface area contributed by atoms with E-state index in [1.807, 2.05) is 0 Å². The molecule has 2 aromatic carbocycles. The van der Waals surface area contributed by atoms with Crippen molar-refractivity contribution in [1.29, 1.82) is 0 Å². The molecule has 5 nitrogen and oxygen atoms in total. The molecule has 0 saturated carbocycles. The van der Waals surface area contributed by atoms with Crippen molar-refractivity contribution in [3.8, 4) is 0 Å². The van der Waals surface area contributed by atoms with Gasteiger partial charge in [0.25, 0.3) is 0 Å². The van der Waals surface area contributed by atoms with E-state index in [4.69, 9.17) is 35.0 Å². The molecule has 0 aromatic heterocycles. The van der Waals surface area contributed by atoms with Crippen LogP contribution >= 0.6 is 35.0 Å². The van der Waals surface area contributed by atoms with Gasteiger partial charge in [0.1, 0.15) is 11.6 Å².